The first kappa shape index (κ1) is 15.8. The van der Waals surface area contributed by atoms with Crippen molar-refractivity contribution in [3.63, 3.8) is 0 Å². The molecule has 0 heterocycles. The van der Waals surface area contributed by atoms with Crippen LogP contribution in [0.25, 0.3) is 0 Å². The summed E-state index contributed by atoms with van der Waals surface area (Å²) in [5.41, 5.74) is 0.987. The Balaban J connectivity index is 2.49. The zero-order chi connectivity index (χ0) is 14.3. The van der Waals surface area contributed by atoms with Gasteiger partial charge in [-0.3, -0.25) is 0 Å². The quantitative estimate of drug-likeness (QED) is 0.729. The Labute approximate surface area is 114 Å². The Morgan fingerprint density at radius 2 is 1.95 bits per heavy atom. The van der Waals surface area contributed by atoms with Crippen LogP contribution in [-0.2, 0) is 16.4 Å². The normalized spacial score (nSPS) is 11.3. The Hall–Kier alpha value is -1.27. The summed E-state index contributed by atoms with van der Waals surface area (Å²) in [6, 6.07) is 5.69. The first-order chi connectivity index (χ1) is 8.98. The van der Waals surface area contributed by atoms with E-state index in [0.717, 1.165) is 5.56 Å². The zero-order valence-electron chi connectivity index (χ0n) is 11.6. The summed E-state index contributed by atoms with van der Waals surface area (Å²) < 4.78 is 32.5. The minimum atomic E-state index is -2.88. The molecule has 0 aliphatic heterocycles. The number of methoxy groups -OCH3 is 2. The molecule has 6 heteroatoms. The number of para-hydroxylation sites is 1. The van der Waals surface area contributed by atoms with Crippen molar-refractivity contribution in [3.05, 3.63) is 23.8 Å². The van der Waals surface area contributed by atoms with Gasteiger partial charge in [-0.25, -0.2) is 8.42 Å². The molecule has 0 aliphatic carbocycles. The first-order valence-electron chi connectivity index (χ1n) is 6.06. The highest BCUT2D eigenvalue weighted by atomic mass is 32.2. The number of rotatable bonds is 8. The Morgan fingerprint density at radius 1 is 1.21 bits per heavy atom. The van der Waals surface area contributed by atoms with E-state index in [1.54, 1.807) is 14.2 Å². The maximum absolute atomic E-state index is 11.0. The molecule has 0 spiro atoms. The molecule has 5 nitrogen and oxygen atoms in total. The third kappa shape index (κ3) is 5.48. The van der Waals surface area contributed by atoms with Crippen LogP contribution < -0.4 is 14.8 Å². The molecular weight excluding hydrogens is 266 g/mol. The fourth-order valence-electron chi connectivity index (χ4n) is 1.78. The number of hydrogen-bond acceptors (Lipinski definition) is 5. The number of ether oxygens (including phenoxy) is 2. The lowest BCUT2D eigenvalue weighted by molar-refractivity contribution is 0.350. The summed E-state index contributed by atoms with van der Waals surface area (Å²) in [5, 5.41) is 3.20. The second-order valence-corrected chi connectivity index (χ2v) is 6.57. The summed E-state index contributed by atoms with van der Waals surface area (Å²) in [6.07, 6.45) is 1.85. The molecule has 0 unspecified atom stereocenters. The summed E-state index contributed by atoms with van der Waals surface area (Å²) in [4.78, 5) is 0. The topological polar surface area (TPSA) is 64.6 Å². The molecule has 0 aromatic heterocycles. The standard InChI is InChI=1S/C13H21NO4S/c1-17-12-7-4-6-11(13(12)18-2)10-14-8-5-9-19(3,15)16/h4,6-7,14H,5,8-10H2,1-3H3. The van der Waals surface area contributed by atoms with E-state index in [2.05, 4.69) is 5.32 Å². The van der Waals surface area contributed by atoms with E-state index in [9.17, 15) is 8.42 Å². The van der Waals surface area contributed by atoms with Crippen LogP contribution in [0.15, 0.2) is 18.2 Å². The third-order valence-electron chi connectivity index (χ3n) is 2.67. The van der Waals surface area contributed by atoms with Crippen LogP contribution in [0, 0.1) is 0 Å². The highest BCUT2D eigenvalue weighted by Gasteiger charge is 2.08. The predicted molar refractivity (Wildman–Crippen MR) is 75.6 cm³/mol. The third-order valence-corrected chi connectivity index (χ3v) is 3.70. The van der Waals surface area contributed by atoms with E-state index in [1.165, 1.54) is 6.26 Å². The van der Waals surface area contributed by atoms with Crippen LogP contribution in [0.3, 0.4) is 0 Å². The van der Waals surface area contributed by atoms with Crippen LogP contribution in [0.2, 0.25) is 0 Å². The molecule has 0 amide bonds. The molecular formula is C13H21NO4S. The van der Waals surface area contributed by atoms with E-state index in [4.69, 9.17) is 9.47 Å². The summed E-state index contributed by atoms with van der Waals surface area (Å²) in [7, 11) is 0.323. The van der Waals surface area contributed by atoms with Crippen LogP contribution in [0.4, 0.5) is 0 Å². The number of hydrogen-bond donors (Lipinski definition) is 1. The van der Waals surface area contributed by atoms with Crippen molar-refractivity contribution < 1.29 is 17.9 Å². The molecule has 0 aliphatic rings. The average Bonchev–Trinajstić information content (AvgIpc) is 2.36. The van der Waals surface area contributed by atoms with Crippen molar-refractivity contribution in [1.29, 1.82) is 0 Å². The van der Waals surface area contributed by atoms with E-state index in [1.807, 2.05) is 18.2 Å². The van der Waals surface area contributed by atoms with Gasteiger partial charge in [-0.05, 0) is 19.0 Å². The van der Waals surface area contributed by atoms with Crippen LogP contribution in [0.5, 0.6) is 11.5 Å². The monoisotopic (exact) mass is 287 g/mol. The van der Waals surface area contributed by atoms with Gasteiger partial charge < -0.3 is 14.8 Å². The van der Waals surface area contributed by atoms with Gasteiger partial charge in [-0.15, -0.1) is 0 Å². The van der Waals surface area contributed by atoms with E-state index in [0.29, 0.717) is 31.0 Å². The summed E-state index contributed by atoms with van der Waals surface area (Å²) >= 11 is 0. The van der Waals surface area contributed by atoms with Crippen molar-refractivity contribution in [1.82, 2.24) is 5.32 Å². The molecule has 0 atom stereocenters. The zero-order valence-corrected chi connectivity index (χ0v) is 12.4. The first-order valence-corrected chi connectivity index (χ1v) is 8.12. The van der Waals surface area contributed by atoms with Gasteiger partial charge in [0.2, 0.25) is 0 Å². The van der Waals surface area contributed by atoms with Crippen molar-refractivity contribution >= 4 is 9.84 Å². The lowest BCUT2D eigenvalue weighted by atomic mass is 10.2. The Morgan fingerprint density at radius 3 is 2.53 bits per heavy atom. The molecule has 1 N–H and O–H groups in total. The van der Waals surface area contributed by atoms with E-state index >= 15 is 0 Å². The van der Waals surface area contributed by atoms with E-state index < -0.39 is 9.84 Å². The summed E-state index contributed by atoms with van der Waals surface area (Å²) in [6.45, 7) is 1.26. The minimum absolute atomic E-state index is 0.204. The van der Waals surface area contributed by atoms with Crippen molar-refractivity contribution in [2.45, 2.75) is 13.0 Å². The number of sulfone groups is 1. The number of benzene rings is 1. The molecule has 0 fully saturated rings. The molecule has 0 radical (unpaired) electrons. The maximum atomic E-state index is 11.0. The van der Waals surface area contributed by atoms with Crippen LogP contribution >= 0.6 is 0 Å². The van der Waals surface area contributed by atoms with E-state index in [-0.39, 0.29) is 5.75 Å². The van der Waals surface area contributed by atoms with Gasteiger partial charge in [-0.2, -0.15) is 0 Å². The molecule has 0 bridgehead atoms. The van der Waals surface area contributed by atoms with Gasteiger partial charge in [0.1, 0.15) is 9.84 Å². The number of nitrogens with one attached hydrogen (secondary N) is 1. The van der Waals surface area contributed by atoms with Crippen LogP contribution in [-0.4, -0.2) is 41.2 Å². The van der Waals surface area contributed by atoms with Crippen molar-refractivity contribution in [2.75, 3.05) is 32.8 Å². The summed E-state index contributed by atoms with van der Waals surface area (Å²) in [5.74, 6) is 1.61. The Kier molecular flexibility index (Phi) is 6.11. The minimum Gasteiger partial charge on any atom is -0.493 e. The van der Waals surface area contributed by atoms with Crippen LogP contribution in [0.1, 0.15) is 12.0 Å². The molecule has 19 heavy (non-hydrogen) atoms. The smallest absolute Gasteiger partial charge is 0.165 e. The Bertz CT molecular complexity index is 499. The molecule has 0 saturated heterocycles. The second kappa shape index (κ2) is 7.35. The largest absolute Gasteiger partial charge is 0.493 e. The van der Waals surface area contributed by atoms with Gasteiger partial charge in [-0.1, -0.05) is 12.1 Å². The molecule has 1 rings (SSSR count). The maximum Gasteiger partial charge on any atom is 0.165 e. The second-order valence-electron chi connectivity index (χ2n) is 4.31. The van der Waals surface area contributed by atoms with Gasteiger partial charge in [0.15, 0.2) is 11.5 Å². The van der Waals surface area contributed by atoms with Crippen molar-refractivity contribution in [2.24, 2.45) is 0 Å². The average molecular weight is 287 g/mol. The lowest BCUT2D eigenvalue weighted by Gasteiger charge is -2.13. The van der Waals surface area contributed by atoms with Gasteiger partial charge in [0, 0.05) is 18.4 Å². The van der Waals surface area contributed by atoms with Crippen molar-refractivity contribution in [3.8, 4) is 11.5 Å². The fraction of sp³-hybridized carbons (Fsp3) is 0.538. The van der Waals surface area contributed by atoms with Gasteiger partial charge >= 0.3 is 0 Å². The molecule has 1 aromatic carbocycles. The molecule has 0 saturated carbocycles. The van der Waals surface area contributed by atoms with Gasteiger partial charge in [0.05, 0.1) is 20.0 Å². The highest BCUT2D eigenvalue weighted by molar-refractivity contribution is 7.90. The molecule has 108 valence electrons. The SMILES string of the molecule is COc1cccc(CNCCCS(C)(=O)=O)c1OC. The molecule has 1 aromatic rings. The van der Waals surface area contributed by atoms with Gasteiger partial charge in [0.25, 0.3) is 0 Å². The highest BCUT2D eigenvalue weighted by Crippen LogP contribution is 2.30. The predicted octanol–water partition coefficient (Wildman–Crippen LogP) is 1.23. The fourth-order valence-corrected chi connectivity index (χ4v) is 2.44. The lowest BCUT2D eigenvalue weighted by Crippen LogP contribution is -2.18.